The van der Waals surface area contributed by atoms with Crippen LogP contribution in [0.15, 0.2) is 24.3 Å². The third-order valence-corrected chi connectivity index (χ3v) is 5.32. The molecule has 1 saturated heterocycles. The van der Waals surface area contributed by atoms with Crippen LogP contribution in [-0.4, -0.2) is 34.9 Å². The van der Waals surface area contributed by atoms with E-state index < -0.39 is 5.92 Å². The number of para-hydroxylation sites is 1. The van der Waals surface area contributed by atoms with E-state index in [0.29, 0.717) is 23.0 Å². The van der Waals surface area contributed by atoms with Crippen molar-refractivity contribution in [2.24, 2.45) is 0 Å². The Balaban J connectivity index is 1.65. The number of hydrogen-bond donors (Lipinski definition) is 3. The number of amides is 2. The largest absolute Gasteiger partial charge is 0.383 e. The topological polar surface area (TPSA) is 113 Å². The van der Waals surface area contributed by atoms with Crippen molar-refractivity contribution in [1.82, 2.24) is 9.97 Å². The summed E-state index contributed by atoms with van der Waals surface area (Å²) in [5.41, 5.74) is 8.39. The van der Waals surface area contributed by atoms with Gasteiger partial charge in [-0.1, -0.05) is 18.2 Å². The number of nitrogen functional groups attached to an aromatic ring is 1. The van der Waals surface area contributed by atoms with Crippen LogP contribution >= 0.6 is 0 Å². The zero-order valence-electron chi connectivity index (χ0n) is 15.9. The van der Waals surface area contributed by atoms with Crippen molar-refractivity contribution in [2.45, 2.75) is 38.5 Å². The van der Waals surface area contributed by atoms with Gasteiger partial charge in [0.2, 0.25) is 17.8 Å². The Labute approximate surface area is 163 Å². The zero-order chi connectivity index (χ0) is 19.7. The highest BCUT2D eigenvalue weighted by atomic mass is 16.2. The van der Waals surface area contributed by atoms with Gasteiger partial charge in [-0.05, 0) is 37.8 Å². The lowest BCUT2D eigenvalue weighted by molar-refractivity contribution is -0.123. The van der Waals surface area contributed by atoms with E-state index in [2.05, 4.69) is 25.5 Å². The summed E-state index contributed by atoms with van der Waals surface area (Å²) in [7, 11) is 0. The Kier molecular flexibility index (Phi) is 4.85. The van der Waals surface area contributed by atoms with Gasteiger partial charge in [-0.25, -0.2) is 0 Å². The smallest absolute Gasteiger partial charge is 0.232 e. The highest BCUT2D eigenvalue weighted by molar-refractivity contribution is 6.05. The second-order valence-corrected chi connectivity index (χ2v) is 7.33. The molecule has 1 fully saturated rings. The number of rotatable bonds is 3. The SMILES string of the molecule is Cc1ccccc1NC(=O)[C@H]1CC(=O)Nc2nc(N3CCCCC3)nc(N)c21. The number of nitrogens with zero attached hydrogens (tertiary/aromatic N) is 3. The number of aryl methyl sites for hydroxylation is 1. The first-order valence-electron chi connectivity index (χ1n) is 9.61. The molecule has 3 heterocycles. The molecule has 8 heteroatoms. The van der Waals surface area contributed by atoms with E-state index in [1.54, 1.807) is 0 Å². The molecule has 1 aromatic heterocycles. The first kappa shape index (κ1) is 18.2. The molecule has 146 valence electrons. The lowest BCUT2D eigenvalue weighted by Gasteiger charge is -2.30. The number of fused-ring (bicyclic) bond motifs is 1. The minimum atomic E-state index is -0.723. The molecule has 1 aromatic carbocycles. The summed E-state index contributed by atoms with van der Waals surface area (Å²) in [4.78, 5) is 36.3. The summed E-state index contributed by atoms with van der Waals surface area (Å²) in [6.45, 7) is 3.65. The second kappa shape index (κ2) is 7.46. The monoisotopic (exact) mass is 380 g/mol. The zero-order valence-corrected chi connectivity index (χ0v) is 15.9. The third-order valence-electron chi connectivity index (χ3n) is 5.32. The van der Waals surface area contributed by atoms with Crippen LogP contribution in [0.2, 0.25) is 0 Å². The molecule has 0 saturated carbocycles. The van der Waals surface area contributed by atoms with Gasteiger partial charge >= 0.3 is 0 Å². The van der Waals surface area contributed by atoms with Crippen LogP contribution in [0.5, 0.6) is 0 Å². The summed E-state index contributed by atoms with van der Waals surface area (Å²) in [6, 6.07) is 7.50. The summed E-state index contributed by atoms with van der Waals surface area (Å²) >= 11 is 0. The lowest BCUT2D eigenvalue weighted by Crippen LogP contribution is -2.35. The molecule has 0 radical (unpaired) electrons. The quantitative estimate of drug-likeness (QED) is 0.754. The number of carbonyl (C=O) groups is 2. The van der Waals surface area contributed by atoms with E-state index in [1.165, 1.54) is 6.42 Å². The van der Waals surface area contributed by atoms with Crippen LogP contribution in [0.3, 0.4) is 0 Å². The van der Waals surface area contributed by atoms with Crippen molar-refractivity contribution in [3.05, 3.63) is 35.4 Å². The standard InChI is InChI=1S/C20H24N6O2/c1-12-7-3-4-8-14(12)22-19(28)13-11-15(27)23-18-16(13)17(21)24-20(25-18)26-9-5-2-6-10-26/h3-4,7-8,13H,2,5-6,9-11H2,1H3,(H,22,28)(H3,21,23,24,25,27)/t13-/m0/s1. The summed E-state index contributed by atoms with van der Waals surface area (Å²) in [5, 5.41) is 5.67. The molecule has 0 aliphatic carbocycles. The molecule has 2 aromatic rings. The molecule has 8 nitrogen and oxygen atoms in total. The van der Waals surface area contributed by atoms with E-state index in [-0.39, 0.29) is 24.1 Å². The minimum absolute atomic E-state index is 0.0152. The fraction of sp³-hybridized carbons (Fsp3) is 0.400. The molecular formula is C20H24N6O2. The van der Waals surface area contributed by atoms with Crippen LogP contribution < -0.4 is 21.3 Å². The van der Waals surface area contributed by atoms with Gasteiger partial charge in [0.15, 0.2) is 0 Å². The van der Waals surface area contributed by atoms with E-state index >= 15 is 0 Å². The molecule has 4 rings (SSSR count). The van der Waals surface area contributed by atoms with Gasteiger partial charge in [-0.3, -0.25) is 9.59 Å². The van der Waals surface area contributed by atoms with Crippen LogP contribution in [-0.2, 0) is 9.59 Å². The normalized spacial score (nSPS) is 19.0. The Morgan fingerprint density at radius 3 is 2.71 bits per heavy atom. The number of nitrogens with one attached hydrogen (secondary N) is 2. The van der Waals surface area contributed by atoms with Crippen molar-refractivity contribution in [3.63, 3.8) is 0 Å². The van der Waals surface area contributed by atoms with Crippen LogP contribution in [0.4, 0.5) is 23.3 Å². The lowest BCUT2D eigenvalue weighted by atomic mass is 9.91. The van der Waals surface area contributed by atoms with Gasteiger partial charge in [0.05, 0.1) is 11.5 Å². The summed E-state index contributed by atoms with van der Waals surface area (Å²) < 4.78 is 0. The number of anilines is 4. The Morgan fingerprint density at radius 2 is 1.96 bits per heavy atom. The van der Waals surface area contributed by atoms with Crippen molar-refractivity contribution in [3.8, 4) is 0 Å². The third kappa shape index (κ3) is 3.49. The fourth-order valence-electron chi connectivity index (χ4n) is 3.78. The number of carbonyl (C=O) groups excluding carboxylic acids is 2. The van der Waals surface area contributed by atoms with Gasteiger partial charge in [0.1, 0.15) is 11.6 Å². The average molecular weight is 380 g/mol. The maximum Gasteiger partial charge on any atom is 0.232 e. The van der Waals surface area contributed by atoms with E-state index in [9.17, 15) is 9.59 Å². The summed E-state index contributed by atoms with van der Waals surface area (Å²) in [5.74, 6) is -0.161. The van der Waals surface area contributed by atoms with Gasteiger partial charge < -0.3 is 21.3 Å². The van der Waals surface area contributed by atoms with Gasteiger partial charge in [-0.2, -0.15) is 9.97 Å². The van der Waals surface area contributed by atoms with Gasteiger partial charge in [0, 0.05) is 25.2 Å². The van der Waals surface area contributed by atoms with Crippen LogP contribution in [0.1, 0.15) is 42.7 Å². The average Bonchev–Trinajstić information content (AvgIpc) is 2.69. The Hall–Kier alpha value is -3.16. The van der Waals surface area contributed by atoms with E-state index in [0.717, 1.165) is 31.5 Å². The molecule has 4 N–H and O–H groups in total. The Bertz CT molecular complexity index is 923. The molecule has 1 atom stereocenters. The molecule has 0 spiro atoms. The van der Waals surface area contributed by atoms with Crippen molar-refractivity contribution in [1.29, 1.82) is 0 Å². The minimum Gasteiger partial charge on any atom is -0.383 e. The number of nitrogens with two attached hydrogens (primary N) is 1. The fourth-order valence-corrected chi connectivity index (χ4v) is 3.78. The van der Waals surface area contributed by atoms with E-state index in [4.69, 9.17) is 5.73 Å². The van der Waals surface area contributed by atoms with E-state index in [1.807, 2.05) is 31.2 Å². The highest BCUT2D eigenvalue weighted by Gasteiger charge is 2.35. The Morgan fingerprint density at radius 1 is 1.21 bits per heavy atom. The summed E-state index contributed by atoms with van der Waals surface area (Å²) in [6.07, 6.45) is 3.36. The van der Waals surface area contributed by atoms with Gasteiger partial charge in [0.25, 0.3) is 0 Å². The highest BCUT2D eigenvalue weighted by Crippen LogP contribution is 2.37. The number of piperidine rings is 1. The van der Waals surface area contributed by atoms with Crippen molar-refractivity contribution < 1.29 is 9.59 Å². The predicted molar refractivity (Wildman–Crippen MR) is 108 cm³/mol. The first-order valence-corrected chi connectivity index (χ1v) is 9.61. The maximum atomic E-state index is 13.0. The van der Waals surface area contributed by atoms with Crippen LogP contribution in [0.25, 0.3) is 0 Å². The molecule has 28 heavy (non-hydrogen) atoms. The van der Waals surface area contributed by atoms with Crippen LogP contribution in [0, 0.1) is 6.92 Å². The molecule has 2 amide bonds. The number of aromatic nitrogens is 2. The van der Waals surface area contributed by atoms with Gasteiger partial charge in [-0.15, -0.1) is 0 Å². The maximum absolute atomic E-state index is 13.0. The number of hydrogen-bond acceptors (Lipinski definition) is 6. The number of benzene rings is 1. The van der Waals surface area contributed by atoms with Crippen molar-refractivity contribution in [2.75, 3.05) is 34.4 Å². The molecule has 2 aliphatic heterocycles. The molecular weight excluding hydrogens is 356 g/mol. The predicted octanol–water partition coefficient (Wildman–Crippen LogP) is 2.42. The second-order valence-electron chi connectivity index (χ2n) is 7.33. The molecule has 2 aliphatic rings. The molecule has 0 unspecified atom stereocenters. The van der Waals surface area contributed by atoms with Crippen molar-refractivity contribution >= 4 is 35.1 Å². The molecule has 0 bridgehead atoms. The first-order chi connectivity index (χ1) is 13.5.